The van der Waals surface area contributed by atoms with E-state index in [0.29, 0.717) is 5.69 Å². The molecule has 0 fully saturated rings. The van der Waals surface area contributed by atoms with E-state index in [0.717, 1.165) is 0 Å². The van der Waals surface area contributed by atoms with Gasteiger partial charge in [0, 0.05) is 23.9 Å². The highest BCUT2D eigenvalue weighted by atomic mass is 19.4. The molecule has 0 amide bonds. The molecule has 0 heterocycles. The molecule has 0 saturated carbocycles. The number of hydrogen-bond acceptors (Lipinski definition) is 3. The minimum atomic E-state index is -4.26. The standard InChI is InChI=1S/C10H11F3N2O2/c1-7(6-10(11,12)13)14-8-3-2-4-9(5-8)15(16)17/h2-5,7,14H,6H2,1H3. The number of benzene rings is 1. The predicted molar refractivity (Wildman–Crippen MR) is 56.9 cm³/mol. The minimum Gasteiger partial charge on any atom is -0.382 e. The van der Waals surface area contributed by atoms with Gasteiger partial charge in [-0.1, -0.05) is 6.07 Å². The summed E-state index contributed by atoms with van der Waals surface area (Å²) in [5, 5.41) is 13.0. The van der Waals surface area contributed by atoms with E-state index in [9.17, 15) is 23.3 Å². The third kappa shape index (κ3) is 4.71. The smallest absolute Gasteiger partial charge is 0.382 e. The fourth-order valence-electron chi connectivity index (χ4n) is 1.39. The van der Waals surface area contributed by atoms with Crippen LogP contribution in [0.4, 0.5) is 24.5 Å². The largest absolute Gasteiger partial charge is 0.391 e. The van der Waals surface area contributed by atoms with E-state index in [1.54, 1.807) is 0 Å². The van der Waals surface area contributed by atoms with Crippen LogP contribution in [0.25, 0.3) is 0 Å². The molecule has 1 aromatic carbocycles. The Bertz CT molecular complexity index is 407. The van der Waals surface area contributed by atoms with Crippen LogP contribution in [0.15, 0.2) is 24.3 Å². The first-order valence-electron chi connectivity index (χ1n) is 4.85. The van der Waals surface area contributed by atoms with E-state index in [2.05, 4.69) is 5.32 Å². The zero-order valence-corrected chi connectivity index (χ0v) is 8.99. The van der Waals surface area contributed by atoms with E-state index in [1.807, 2.05) is 0 Å². The Labute approximate surface area is 95.6 Å². The molecule has 1 rings (SSSR count). The van der Waals surface area contributed by atoms with Crippen molar-refractivity contribution in [3.63, 3.8) is 0 Å². The number of nitrogens with zero attached hydrogens (tertiary/aromatic N) is 1. The summed E-state index contributed by atoms with van der Waals surface area (Å²) in [6.45, 7) is 1.37. The van der Waals surface area contributed by atoms with Crippen LogP contribution in [0.3, 0.4) is 0 Å². The molecule has 7 heteroatoms. The van der Waals surface area contributed by atoms with Crippen molar-refractivity contribution in [3.8, 4) is 0 Å². The lowest BCUT2D eigenvalue weighted by molar-refractivity contribution is -0.384. The minimum absolute atomic E-state index is 0.158. The molecular weight excluding hydrogens is 237 g/mol. The summed E-state index contributed by atoms with van der Waals surface area (Å²) in [5.41, 5.74) is 0.144. The summed E-state index contributed by atoms with van der Waals surface area (Å²) >= 11 is 0. The molecule has 1 aromatic rings. The fraction of sp³-hybridized carbons (Fsp3) is 0.400. The van der Waals surface area contributed by atoms with Crippen LogP contribution in [0.1, 0.15) is 13.3 Å². The average molecular weight is 248 g/mol. The Morgan fingerprint density at radius 3 is 2.65 bits per heavy atom. The fourth-order valence-corrected chi connectivity index (χ4v) is 1.39. The maximum atomic E-state index is 12.1. The molecule has 0 aliphatic rings. The lowest BCUT2D eigenvalue weighted by atomic mass is 10.2. The van der Waals surface area contributed by atoms with Gasteiger partial charge in [0.2, 0.25) is 0 Å². The lowest BCUT2D eigenvalue weighted by Gasteiger charge is -2.16. The van der Waals surface area contributed by atoms with Gasteiger partial charge in [-0.2, -0.15) is 13.2 Å². The number of anilines is 1. The van der Waals surface area contributed by atoms with Crippen molar-refractivity contribution in [1.29, 1.82) is 0 Å². The van der Waals surface area contributed by atoms with E-state index in [1.165, 1.54) is 31.2 Å². The van der Waals surface area contributed by atoms with Gasteiger partial charge >= 0.3 is 6.18 Å². The molecule has 17 heavy (non-hydrogen) atoms. The number of halogens is 3. The Hall–Kier alpha value is -1.79. The highest BCUT2D eigenvalue weighted by Gasteiger charge is 2.29. The first kappa shape index (κ1) is 13.3. The van der Waals surface area contributed by atoms with E-state index >= 15 is 0 Å². The highest BCUT2D eigenvalue weighted by Crippen LogP contribution is 2.24. The van der Waals surface area contributed by atoms with Gasteiger partial charge in [0.25, 0.3) is 5.69 Å². The Kier molecular flexibility index (Phi) is 3.93. The van der Waals surface area contributed by atoms with E-state index in [-0.39, 0.29) is 5.69 Å². The summed E-state index contributed by atoms with van der Waals surface area (Å²) in [5.74, 6) is 0. The molecule has 0 aromatic heterocycles. The van der Waals surface area contributed by atoms with Gasteiger partial charge in [0.05, 0.1) is 11.3 Å². The number of non-ortho nitro benzene ring substituents is 1. The number of nitro groups is 1. The predicted octanol–water partition coefficient (Wildman–Crippen LogP) is 3.35. The van der Waals surface area contributed by atoms with Gasteiger partial charge in [-0.05, 0) is 13.0 Å². The van der Waals surface area contributed by atoms with Crippen LogP contribution >= 0.6 is 0 Å². The summed E-state index contributed by atoms with van der Waals surface area (Å²) in [4.78, 5) is 9.87. The van der Waals surface area contributed by atoms with Crippen molar-refractivity contribution in [2.24, 2.45) is 0 Å². The highest BCUT2D eigenvalue weighted by molar-refractivity contribution is 5.51. The van der Waals surface area contributed by atoms with Crippen molar-refractivity contribution in [3.05, 3.63) is 34.4 Å². The monoisotopic (exact) mass is 248 g/mol. The number of alkyl halides is 3. The first-order valence-corrected chi connectivity index (χ1v) is 4.85. The number of nitrogens with one attached hydrogen (secondary N) is 1. The molecule has 0 bridgehead atoms. The first-order chi connectivity index (χ1) is 7.78. The van der Waals surface area contributed by atoms with Gasteiger partial charge in [-0.25, -0.2) is 0 Å². The van der Waals surface area contributed by atoms with E-state index < -0.39 is 23.6 Å². The summed E-state index contributed by atoms with van der Waals surface area (Å²) in [6.07, 6.45) is -5.25. The average Bonchev–Trinajstić information content (AvgIpc) is 2.14. The molecule has 0 saturated heterocycles. The maximum Gasteiger partial charge on any atom is 0.391 e. The van der Waals surface area contributed by atoms with Crippen molar-refractivity contribution in [2.45, 2.75) is 25.6 Å². The normalized spacial score (nSPS) is 13.2. The third-order valence-electron chi connectivity index (χ3n) is 2.01. The van der Waals surface area contributed by atoms with Gasteiger partial charge in [-0.15, -0.1) is 0 Å². The van der Waals surface area contributed by atoms with Crippen molar-refractivity contribution in [2.75, 3.05) is 5.32 Å². The van der Waals surface area contributed by atoms with Crippen LogP contribution in [-0.2, 0) is 0 Å². The summed E-state index contributed by atoms with van der Waals surface area (Å²) in [7, 11) is 0. The number of hydrogen-bond donors (Lipinski definition) is 1. The van der Waals surface area contributed by atoms with E-state index in [4.69, 9.17) is 0 Å². The SMILES string of the molecule is CC(CC(F)(F)F)Nc1cccc([N+](=O)[O-])c1. The van der Waals surface area contributed by atoms with Crippen molar-refractivity contribution < 1.29 is 18.1 Å². The second-order valence-corrected chi connectivity index (χ2v) is 3.67. The van der Waals surface area contributed by atoms with Crippen LogP contribution in [0.5, 0.6) is 0 Å². The molecule has 0 spiro atoms. The molecule has 0 aliphatic heterocycles. The van der Waals surface area contributed by atoms with Gasteiger partial charge in [0.15, 0.2) is 0 Å². The maximum absolute atomic E-state index is 12.1. The van der Waals surface area contributed by atoms with Crippen LogP contribution in [-0.4, -0.2) is 17.1 Å². The number of nitro benzene ring substituents is 1. The molecule has 1 unspecified atom stereocenters. The van der Waals surface area contributed by atoms with Crippen LogP contribution in [0, 0.1) is 10.1 Å². The molecule has 94 valence electrons. The molecule has 0 radical (unpaired) electrons. The topological polar surface area (TPSA) is 55.2 Å². The van der Waals surface area contributed by atoms with Gasteiger partial charge in [-0.3, -0.25) is 10.1 Å². The molecule has 1 N–H and O–H groups in total. The molecule has 0 aliphatic carbocycles. The Morgan fingerprint density at radius 2 is 2.12 bits per heavy atom. The number of rotatable bonds is 4. The second kappa shape index (κ2) is 5.03. The lowest BCUT2D eigenvalue weighted by Crippen LogP contribution is -2.23. The van der Waals surface area contributed by atoms with Crippen LogP contribution < -0.4 is 5.32 Å². The molecule has 4 nitrogen and oxygen atoms in total. The van der Waals surface area contributed by atoms with Crippen LogP contribution in [0.2, 0.25) is 0 Å². The van der Waals surface area contributed by atoms with Crippen molar-refractivity contribution in [1.82, 2.24) is 0 Å². The van der Waals surface area contributed by atoms with Crippen molar-refractivity contribution >= 4 is 11.4 Å². The van der Waals surface area contributed by atoms with Gasteiger partial charge < -0.3 is 5.32 Å². The second-order valence-electron chi connectivity index (χ2n) is 3.67. The summed E-state index contributed by atoms with van der Waals surface area (Å²) < 4.78 is 36.2. The van der Waals surface area contributed by atoms with Gasteiger partial charge in [0.1, 0.15) is 0 Å². The quantitative estimate of drug-likeness (QED) is 0.656. The zero-order chi connectivity index (χ0) is 13.1. The Morgan fingerprint density at radius 1 is 1.47 bits per heavy atom. The molecule has 1 atom stereocenters. The Balaban J connectivity index is 2.68. The summed E-state index contributed by atoms with van der Waals surface area (Å²) in [6, 6.07) is 4.55. The zero-order valence-electron chi connectivity index (χ0n) is 8.99. The molecular formula is C10H11F3N2O2. The third-order valence-corrected chi connectivity index (χ3v) is 2.01.